The molecule has 2 rings (SSSR count). The highest BCUT2D eigenvalue weighted by Crippen LogP contribution is 2.22. The third kappa shape index (κ3) is 3.30. The highest BCUT2D eigenvalue weighted by Gasteiger charge is 2.31. The number of rotatable bonds is 4. The van der Waals surface area contributed by atoms with E-state index in [4.69, 9.17) is 0 Å². The van der Waals surface area contributed by atoms with Crippen molar-refractivity contribution in [2.24, 2.45) is 5.92 Å². The quantitative estimate of drug-likeness (QED) is 0.902. The van der Waals surface area contributed by atoms with Crippen molar-refractivity contribution in [1.82, 2.24) is 19.8 Å². The predicted octanol–water partition coefficient (Wildman–Crippen LogP) is 1.22. The minimum Gasteiger partial charge on any atom is -0.347 e. The van der Waals surface area contributed by atoms with E-state index in [0.29, 0.717) is 0 Å². The minimum atomic E-state index is 0.0932. The lowest BCUT2D eigenvalue weighted by molar-refractivity contribution is -0.137. The fourth-order valence-electron chi connectivity index (χ4n) is 2.46. The Morgan fingerprint density at radius 3 is 3.05 bits per heavy atom. The Morgan fingerprint density at radius 2 is 2.42 bits per heavy atom. The monoisotopic (exact) mass is 282 g/mol. The van der Waals surface area contributed by atoms with E-state index >= 15 is 0 Å². The zero-order chi connectivity index (χ0) is 13.8. The standard InChI is InChI=1S/C13H22N4OS/c1-10(9-19-3)13(18)17-7-6-16(2)11(8-17)12-14-4-5-15-12/h4-5,10-11H,6-9H2,1-3H3,(H,14,15)/t10-,11+/m1/s1. The number of hydrogen-bond acceptors (Lipinski definition) is 4. The molecule has 1 saturated heterocycles. The van der Waals surface area contributed by atoms with E-state index in [1.54, 1.807) is 18.0 Å². The van der Waals surface area contributed by atoms with E-state index < -0.39 is 0 Å². The Morgan fingerprint density at radius 1 is 1.63 bits per heavy atom. The molecular formula is C13H22N4OS. The van der Waals surface area contributed by atoms with Crippen LogP contribution < -0.4 is 0 Å². The van der Waals surface area contributed by atoms with Gasteiger partial charge in [0.15, 0.2) is 0 Å². The number of nitrogens with one attached hydrogen (secondary N) is 1. The van der Waals surface area contributed by atoms with Gasteiger partial charge in [0.1, 0.15) is 5.82 Å². The Bertz CT molecular complexity index is 409. The molecule has 5 nitrogen and oxygen atoms in total. The van der Waals surface area contributed by atoms with E-state index in [9.17, 15) is 4.79 Å². The van der Waals surface area contributed by atoms with Crippen molar-refractivity contribution in [2.45, 2.75) is 13.0 Å². The summed E-state index contributed by atoms with van der Waals surface area (Å²) in [5, 5.41) is 0. The number of likely N-dealkylation sites (N-methyl/N-ethyl adjacent to an activating group) is 1. The minimum absolute atomic E-state index is 0.0932. The lowest BCUT2D eigenvalue weighted by Gasteiger charge is -2.39. The molecule has 6 heteroatoms. The van der Waals surface area contributed by atoms with Crippen LogP contribution in [0, 0.1) is 5.92 Å². The van der Waals surface area contributed by atoms with Gasteiger partial charge in [-0.15, -0.1) is 0 Å². The Labute approximate surface area is 118 Å². The Balaban J connectivity index is 2.03. The van der Waals surface area contributed by atoms with E-state index in [2.05, 4.69) is 21.9 Å². The molecule has 1 N–H and O–H groups in total. The van der Waals surface area contributed by atoms with E-state index in [0.717, 1.165) is 31.2 Å². The van der Waals surface area contributed by atoms with Crippen molar-refractivity contribution in [3.63, 3.8) is 0 Å². The zero-order valence-electron chi connectivity index (χ0n) is 11.8. The Kier molecular flexibility index (Phi) is 4.87. The zero-order valence-corrected chi connectivity index (χ0v) is 12.6. The second-order valence-electron chi connectivity index (χ2n) is 5.11. The van der Waals surface area contributed by atoms with Gasteiger partial charge < -0.3 is 9.88 Å². The summed E-state index contributed by atoms with van der Waals surface area (Å²) < 4.78 is 0. The second-order valence-corrected chi connectivity index (χ2v) is 6.02. The van der Waals surface area contributed by atoms with E-state index in [-0.39, 0.29) is 17.9 Å². The van der Waals surface area contributed by atoms with Crippen LogP contribution >= 0.6 is 11.8 Å². The van der Waals surface area contributed by atoms with Crippen LogP contribution in [-0.4, -0.2) is 64.4 Å². The molecule has 1 amide bonds. The number of imidazole rings is 1. The van der Waals surface area contributed by atoms with Crippen molar-refractivity contribution in [1.29, 1.82) is 0 Å². The second kappa shape index (κ2) is 6.43. The van der Waals surface area contributed by atoms with Crippen LogP contribution in [0.4, 0.5) is 0 Å². The molecule has 1 aromatic rings. The van der Waals surface area contributed by atoms with Gasteiger partial charge in [-0.1, -0.05) is 6.92 Å². The maximum absolute atomic E-state index is 12.4. The summed E-state index contributed by atoms with van der Waals surface area (Å²) in [5.41, 5.74) is 0. The molecular weight excluding hydrogens is 260 g/mol. The normalized spacial score (nSPS) is 22.5. The first-order chi connectivity index (χ1) is 9.13. The predicted molar refractivity (Wildman–Crippen MR) is 78.1 cm³/mol. The summed E-state index contributed by atoms with van der Waals surface area (Å²) >= 11 is 1.72. The fraction of sp³-hybridized carbons (Fsp3) is 0.692. The van der Waals surface area contributed by atoms with Crippen LogP contribution in [0.5, 0.6) is 0 Å². The van der Waals surface area contributed by atoms with E-state index in [1.165, 1.54) is 0 Å². The van der Waals surface area contributed by atoms with Crippen molar-refractivity contribution in [3.8, 4) is 0 Å². The van der Waals surface area contributed by atoms with Gasteiger partial charge in [0.2, 0.25) is 5.91 Å². The summed E-state index contributed by atoms with van der Waals surface area (Å²) in [7, 11) is 2.08. The molecule has 0 bridgehead atoms. The number of amides is 1. The SMILES string of the molecule is CSC[C@@H](C)C(=O)N1CCN(C)[C@H](c2ncc[nH]2)C1. The third-order valence-corrected chi connectivity index (χ3v) is 4.47. The molecule has 0 unspecified atom stereocenters. The molecule has 0 aromatic carbocycles. The number of carbonyl (C=O) groups excluding carboxylic acids is 1. The van der Waals surface area contributed by atoms with E-state index in [1.807, 2.05) is 24.3 Å². The first-order valence-corrected chi connectivity index (χ1v) is 8.00. The molecule has 1 fully saturated rings. The number of aromatic nitrogens is 2. The molecule has 0 saturated carbocycles. The molecule has 1 aliphatic rings. The summed E-state index contributed by atoms with van der Waals surface area (Å²) in [4.78, 5) is 24.1. The highest BCUT2D eigenvalue weighted by atomic mass is 32.2. The number of carbonyl (C=O) groups is 1. The van der Waals surface area contributed by atoms with Gasteiger partial charge in [-0.05, 0) is 13.3 Å². The lowest BCUT2D eigenvalue weighted by atomic mass is 10.1. The molecule has 2 heterocycles. The molecule has 0 spiro atoms. The van der Waals surface area contributed by atoms with Crippen LogP contribution in [0.3, 0.4) is 0 Å². The number of thioether (sulfide) groups is 1. The van der Waals surface area contributed by atoms with Crippen LogP contribution in [0.1, 0.15) is 18.8 Å². The molecule has 0 radical (unpaired) electrons. The molecule has 1 aromatic heterocycles. The van der Waals surface area contributed by atoms with Gasteiger partial charge in [-0.2, -0.15) is 11.8 Å². The topological polar surface area (TPSA) is 52.2 Å². The molecule has 106 valence electrons. The molecule has 1 aliphatic heterocycles. The average Bonchev–Trinajstić information content (AvgIpc) is 2.92. The maximum Gasteiger partial charge on any atom is 0.226 e. The summed E-state index contributed by atoms with van der Waals surface area (Å²) in [6.07, 6.45) is 5.64. The van der Waals surface area contributed by atoms with Gasteiger partial charge in [0.05, 0.1) is 6.04 Å². The number of aromatic amines is 1. The summed E-state index contributed by atoms with van der Waals surface area (Å²) in [5.74, 6) is 2.18. The first kappa shape index (κ1) is 14.4. The summed E-state index contributed by atoms with van der Waals surface area (Å²) in [6.45, 7) is 4.44. The summed E-state index contributed by atoms with van der Waals surface area (Å²) in [6, 6.07) is 0.175. The lowest BCUT2D eigenvalue weighted by Crippen LogP contribution is -2.50. The van der Waals surface area contributed by atoms with Crippen molar-refractivity contribution in [2.75, 3.05) is 38.7 Å². The van der Waals surface area contributed by atoms with Crippen molar-refractivity contribution < 1.29 is 4.79 Å². The van der Waals surface area contributed by atoms with Gasteiger partial charge >= 0.3 is 0 Å². The average molecular weight is 282 g/mol. The van der Waals surface area contributed by atoms with Crippen LogP contribution in [-0.2, 0) is 4.79 Å². The highest BCUT2D eigenvalue weighted by molar-refractivity contribution is 7.98. The van der Waals surface area contributed by atoms with Crippen LogP contribution in [0.2, 0.25) is 0 Å². The Hall–Kier alpha value is -1.01. The molecule has 0 aliphatic carbocycles. The van der Waals surface area contributed by atoms with Crippen LogP contribution in [0.25, 0.3) is 0 Å². The largest absolute Gasteiger partial charge is 0.347 e. The number of H-pyrrole nitrogens is 1. The maximum atomic E-state index is 12.4. The van der Waals surface area contributed by atoms with Gasteiger partial charge in [0.25, 0.3) is 0 Å². The van der Waals surface area contributed by atoms with Crippen molar-refractivity contribution in [3.05, 3.63) is 18.2 Å². The van der Waals surface area contributed by atoms with Crippen LogP contribution in [0.15, 0.2) is 12.4 Å². The fourth-order valence-corrected chi connectivity index (χ4v) is 3.10. The smallest absolute Gasteiger partial charge is 0.226 e. The number of nitrogens with zero attached hydrogens (tertiary/aromatic N) is 3. The third-order valence-electron chi connectivity index (χ3n) is 3.63. The van der Waals surface area contributed by atoms with Gasteiger partial charge in [-0.25, -0.2) is 4.98 Å². The van der Waals surface area contributed by atoms with Crippen molar-refractivity contribution >= 4 is 17.7 Å². The number of piperazine rings is 1. The molecule has 2 atom stereocenters. The van der Waals surface area contributed by atoms with Gasteiger partial charge in [-0.3, -0.25) is 9.69 Å². The van der Waals surface area contributed by atoms with Gasteiger partial charge in [0, 0.05) is 43.7 Å². The first-order valence-electron chi connectivity index (χ1n) is 6.60. The molecule has 19 heavy (non-hydrogen) atoms. The number of hydrogen-bond donors (Lipinski definition) is 1.